The normalized spacial score (nSPS) is 17.2. The van der Waals surface area contributed by atoms with Crippen molar-refractivity contribution >= 4 is 11.9 Å². The molecule has 1 aliphatic heterocycles. The van der Waals surface area contributed by atoms with E-state index in [1.165, 1.54) is 6.42 Å². The van der Waals surface area contributed by atoms with E-state index in [1.807, 2.05) is 11.8 Å². The lowest BCUT2D eigenvalue weighted by Gasteiger charge is -2.33. The van der Waals surface area contributed by atoms with Gasteiger partial charge in [0.15, 0.2) is 18.1 Å². The Kier molecular flexibility index (Phi) is 7.10. The second kappa shape index (κ2) is 9.30. The molecular weight excluding hydrogens is 322 g/mol. The highest BCUT2D eigenvalue weighted by molar-refractivity contribution is 5.95. The molecule has 1 atom stereocenters. The Labute approximate surface area is 148 Å². The van der Waals surface area contributed by atoms with Crippen LogP contribution in [0.15, 0.2) is 18.2 Å². The molecule has 0 saturated carbocycles. The number of carboxylic acids is 1. The highest BCUT2D eigenvalue weighted by Crippen LogP contribution is 2.30. The zero-order valence-corrected chi connectivity index (χ0v) is 15.0. The smallest absolute Gasteiger partial charge is 0.341 e. The minimum Gasteiger partial charge on any atom is -0.490 e. The van der Waals surface area contributed by atoms with E-state index < -0.39 is 12.6 Å². The molecular formula is C19H27NO5. The van der Waals surface area contributed by atoms with Crippen LogP contribution in [0.5, 0.6) is 11.5 Å². The maximum absolute atomic E-state index is 12.8. The Hall–Kier alpha value is -2.24. The summed E-state index contributed by atoms with van der Waals surface area (Å²) in [6.07, 6.45) is 4.51. The van der Waals surface area contributed by atoms with Crippen LogP contribution >= 0.6 is 0 Å². The Balaban J connectivity index is 2.13. The van der Waals surface area contributed by atoms with Gasteiger partial charge >= 0.3 is 5.97 Å². The lowest BCUT2D eigenvalue weighted by atomic mass is 9.93. The van der Waals surface area contributed by atoms with Crippen molar-refractivity contribution in [2.24, 2.45) is 5.92 Å². The van der Waals surface area contributed by atoms with Gasteiger partial charge in [-0.3, -0.25) is 4.79 Å². The minimum atomic E-state index is -1.06. The number of hydrogen-bond donors (Lipinski definition) is 1. The third-order valence-corrected chi connectivity index (χ3v) is 4.34. The largest absolute Gasteiger partial charge is 0.490 e. The van der Waals surface area contributed by atoms with Gasteiger partial charge in [0.1, 0.15) is 0 Å². The van der Waals surface area contributed by atoms with Gasteiger partial charge in [-0.15, -0.1) is 0 Å². The van der Waals surface area contributed by atoms with Crippen LogP contribution in [-0.4, -0.2) is 48.2 Å². The van der Waals surface area contributed by atoms with Crippen LogP contribution in [0.2, 0.25) is 0 Å². The van der Waals surface area contributed by atoms with Crippen LogP contribution < -0.4 is 9.47 Å². The minimum absolute atomic E-state index is 0.00783. The molecule has 1 aliphatic rings. The second-order valence-corrected chi connectivity index (χ2v) is 6.33. The van der Waals surface area contributed by atoms with E-state index in [0.717, 1.165) is 32.4 Å². The summed E-state index contributed by atoms with van der Waals surface area (Å²) in [5.74, 6) is 0.247. The SMILES string of the molecule is CCCC1CCCN(C(=O)c2ccc(OCC(=O)O)c(OCC)c2)C1. The fourth-order valence-electron chi connectivity index (χ4n) is 3.24. The van der Waals surface area contributed by atoms with Crippen LogP contribution in [0.3, 0.4) is 0 Å². The molecule has 1 aromatic carbocycles. The highest BCUT2D eigenvalue weighted by atomic mass is 16.5. The molecule has 6 heteroatoms. The average Bonchev–Trinajstić information content (AvgIpc) is 2.60. The maximum Gasteiger partial charge on any atom is 0.341 e. The summed E-state index contributed by atoms with van der Waals surface area (Å²) in [6, 6.07) is 4.92. The Bertz CT molecular complexity index is 599. The first-order chi connectivity index (χ1) is 12.0. The summed E-state index contributed by atoms with van der Waals surface area (Å²) < 4.78 is 10.7. The lowest BCUT2D eigenvalue weighted by molar-refractivity contribution is -0.139. The third-order valence-electron chi connectivity index (χ3n) is 4.34. The summed E-state index contributed by atoms with van der Waals surface area (Å²) in [5.41, 5.74) is 0.545. The first kappa shape index (κ1) is 19.1. The second-order valence-electron chi connectivity index (χ2n) is 6.33. The van der Waals surface area contributed by atoms with Gasteiger partial charge in [0.05, 0.1) is 6.61 Å². The van der Waals surface area contributed by atoms with Gasteiger partial charge < -0.3 is 19.5 Å². The van der Waals surface area contributed by atoms with Crippen molar-refractivity contribution in [3.8, 4) is 11.5 Å². The molecule has 0 bridgehead atoms. The standard InChI is InChI=1S/C19H27NO5/c1-3-6-14-7-5-10-20(12-14)19(23)15-8-9-16(25-13-18(21)22)17(11-15)24-4-2/h8-9,11,14H,3-7,10,12-13H2,1-2H3,(H,21,22). The van der Waals surface area contributed by atoms with E-state index in [4.69, 9.17) is 14.6 Å². The van der Waals surface area contributed by atoms with Crippen LogP contribution in [0, 0.1) is 5.92 Å². The molecule has 2 rings (SSSR count). The fraction of sp³-hybridized carbons (Fsp3) is 0.579. The Morgan fingerprint density at radius 1 is 1.24 bits per heavy atom. The predicted octanol–water partition coefficient (Wildman–Crippen LogP) is 3.20. The molecule has 1 N–H and O–H groups in total. The molecule has 1 amide bonds. The molecule has 1 saturated heterocycles. The Morgan fingerprint density at radius 3 is 2.72 bits per heavy atom. The number of piperidine rings is 1. The van der Waals surface area contributed by atoms with E-state index >= 15 is 0 Å². The lowest BCUT2D eigenvalue weighted by Crippen LogP contribution is -2.39. The van der Waals surface area contributed by atoms with Gasteiger partial charge in [0.2, 0.25) is 0 Å². The molecule has 0 aromatic heterocycles. The average molecular weight is 349 g/mol. The molecule has 6 nitrogen and oxygen atoms in total. The van der Waals surface area contributed by atoms with Crippen LogP contribution in [0.25, 0.3) is 0 Å². The number of carbonyl (C=O) groups is 2. The van der Waals surface area contributed by atoms with Gasteiger partial charge in [0.25, 0.3) is 5.91 Å². The van der Waals surface area contributed by atoms with E-state index in [-0.39, 0.29) is 5.91 Å². The number of ether oxygens (including phenoxy) is 2. The first-order valence-electron chi connectivity index (χ1n) is 8.95. The van der Waals surface area contributed by atoms with Gasteiger partial charge in [-0.2, -0.15) is 0 Å². The van der Waals surface area contributed by atoms with Crippen molar-refractivity contribution in [3.05, 3.63) is 23.8 Å². The van der Waals surface area contributed by atoms with E-state index in [2.05, 4.69) is 6.92 Å². The number of amides is 1. The number of aliphatic carboxylic acids is 1. The van der Waals surface area contributed by atoms with Crippen molar-refractivity contribution in [1.82, 2.24) is 4.90 Å². The van der Waals surface area contributed by atoms with Crippen molar-refractivity contribution in [2.45, 2.75) is 39.5 Å². The van der Waals surface area contributed by atoms with Gasteiger partial charge in [-0.25, -0.2) is 4.79 Å². The molecule has 1 heterocycles. The number of nitrogens with zero attached hydrogens (tertiary/aromatic N) is 1. The molecule has 0 spiro atoms. The van der Waals surface area contributed by atoms with Crippen molar-refractivity contribution < 1.29 is 24.2 Å². The number of carbonyl (C=O) groups excluding carboxylic acids is 1. The molecule has 0 radical (unpaired) electrons. The number of likely N-dealkylation sites (tertiary alicyclic amines) is 1. The molecule has 1 aromatic rings. The maximum atomic E-state index is 12.8. The number of carboxylic acid groups (broad SMARTS) is 1. The Morgan fingerprint density at radius 2 is 2.04 bits per heavy atom. The monoisotopic (exact) mass is 349 g/mol. The number of hydrogen-bond acceptors (Lipinski definition) is 4. The number of rotatable bonds is 8. The van der Waals surface area contributed by atoms with Gasteiger partial charge in [-0.05, 0) is 50.3 Å². The summed E-state index contributed by atoms with van der Waals surface area (Å²) in [6.45, 7) is 5.54. The number of benzene rings is 1. The summed E-state index contributed by atoms with van der Waals surface area (Å²) >= 11 is 0. The zero-order valence-electron chi connectivity index (χ0n) is 15.0. The molecule has 25 heavy (non-hydrogen) atoms. The van der Waals surface area contributed by atoms with Crippen LogP contribution in [0.4, 0.5) is 0 Å². The zero-order chi connectivity index (χ0) is 18.2. The summed E-state index contributed by atoms with van der Waals surface area (Å²) in [5, 5.41) is 8.75. The van der Waals surface area contributed by atoms with E-state index in [9.17, 15) is 9.59 Å². The molecule has 0 aliphatic carbocycles. The fourth-order valence-corrected chi connectivity index (χ4v) is 3.24. The van der Waals surface area contributed by atoms with Gasteiger partial charge in [0, 0.05) is 18.7 Å². The van der Waals surface area contributed by atoms with Gasteiger partial charge in [-0.1, -0.05) is 13.3 Å². The van der Waals surface area contributed by atoms with E-state index in [0.29, 0.717) is 29.6 Å². The third kappa shape index (κ3) is 5.37. The predicted molar refractivity (Wildman–Crippen MR) is 94.3 cm³/mol. The van der Waals surface area contributed by atoms with Crippen molar-refractivity contribution in [3.63, 3.8) is 0 Å². The topological polar surface area (TPSA) is 76.1 Å². The van der Waals surface area contributed by atoms with E-state index in [1.54, 1.807) is 18.2 Å². The summed E-state index contributed by atoms with van der Waals surface area (Å²) in [7, 11) is 0. The molecule has 138 valence electrons. The summed E-state index contributed by atoms with van der Waals surface area (Å²) in [4.78, 5) is 25.4. The van der Waals surface area contributed by atoms with Crippen LogP contribution in [0.1, 0.15) is 49.9 Å². The molecule has 1 fully saturated rings. The van der Waals surface area contributed by atoms with Crippen molar-refractivity contribution in [1.29, 1.82) is 0 Å². The first-order valence-corrected chi connectivity index (χ1v) is 8.95. The van der Waals surface area contributed by atoms with Crippen molar-refractivity contribution in [2.75, 3.05) is 26.3 Å². The highest BCUT2D eigenvalue weighted by Gasteiger charge is 2.24. The molecule has 1 unspecified atom stereocenters. The van der Waals surface area contributed by atoms with Crippen LogP contribution in [-0.2, 0) is 4.79 Å². The quantitative estimate of drug-likeness (QED) is 0.780.